The smallest absolute Gasteiger partial charge is 0.253 e. The highest BCUT2D eigenvalue weighted by molar-refractivity contribution is 5.56. The topological polar surface area (TPSA) is 78.1 Å². The Labute approximate surface area is 181 Å². The Morgan fingerprint density at radius 3 is 2.84 bits per heavy atom. The SMILES string of the molecule is Cn1ncc2c1CCOC2CN1CCC(Cn2cnc(-c3cccnc3)cc2=O)CC1. The van der Waals surface area contributed by atoms with Crippen molar-refractivity contribution in [1.82, 2.24) is 29.2 Å². The maximum absolute atomic E-state index is 12.6. The Balaban J connectivity index is 1.17. The first-order valence-corrected chi connectivity index (χ1v) is 11.0. The minimum atomic E-state index is -0.00371. The lowest BCUT2D eigenvalue weighted by atomic mass is 9.95. The number of aromatic nitrogens is 5. The van der Waals surface area contributed by atoms with Gasteiger partial charge in [-0.1, -0.05) is 0 Å². The van der Waals surface area contributed by atoms with Gasteiger partial charge in [-0.15, -0.1) is 0 Å². The fraction of sp³-hybridized carbons (Fsp3) is 0.478. The summed E-state index contributed by atoms with van der Waals surface area (Å²) >= 11 is 0. The van der Waals surface area contributed by atoms with E-state index in [1.54, 1.807) is 29.4 Å². The fourth-order valence-corrected chi connectivity index (χ4v) is 4.69. The summed E-state index contributed by atoms with van der Waals surface area (Å²) in [6.07, 6.45) is 10.3. The summed E-state index contributed by atoms with van der Waals surface area (Å²) < 4.78 is 9.77. The molecule has 8 nitrogen and oxygen atoms in total. The number of piperidine rings is 1. The standard InChI is InChI=1S/C23H28N6O2/c1-27-21-6-10-31-22(19(21)13-26-27)15-28-8-4-17(5-9-28)14-29-16-25-20(11-23(29)30)18-3-2-7-24-12-18/h2-3,7,11-13,16-17,22H,4-6,8-10,14-15H2,1H3. The lowest BCUT2D eigenvalue weighted by Gasteiger charge is -2.35. The van der Waals surface area contributed by atoms with E-state index >= 15 is 0 Å². The molecule has 0 amide bonds. The lowest BCUT2D eigenvalue weighted by Crippen LogP contribution is -2.39. The third-order valence-corrected chi connectivity index (χ3v) is 6.52. The zero-order chi connectivity index (χ0) is 21.2. The third kappa shape index (κ3) is 4.31. The molecule has 162 valence electrons. The summed E-state index contributed by atoms with van der Waals surface area (Å²) in [6, 6.07) is 5.38. The first-order chi connectivity index (χ1) is 15.2. The number of nitrogens with zero attached hydrogens (tertiary/aromatic N) is 6. The van der Waals surface area contributed by atoms with Gasteiger partial charge in [0, 0.05) is 61.8 Å². The van der Waals surface area contributed by atoms with Crippen LogP contribution >= 0.6 is 0 Å². The number of hydrogen-bond acceptors (Lipinski definition) is 6. The molecule has 0 bridgehead atoms. The Hall–Kier alpha value is -2.84. The monoisotopic (exact) mass is 420 g/mol. The van der Waals surface area contributed by atoms with Crippen molar-refractivity contribution in [3.05, 3.63) is 64.7 Å². The first-order valence-electron chi connectivity index (χ1n) is 11.0. The zero-order valence-corrected chi connectivity index (χ0v) is 17.9. The highest BCUT2D eigenvalue weighted by atomic mass is 16.5. The predicted octanol–water partition coefficient (Wildman–Crippen LogP) is 2.06. The summed E-state index contributed by atoms with van der Waals surface area (Å²) in [5.74, 6) is 0.487. The van der Waals surface area contributed by atoms with Gasteiger partial charge in [0.05, 0.1) is 30.9 Å². The molecular formula is C23H28N6O2. The Morgan fingerprint density at radius 2 is 2.06 bits per heavy atom. The molecule has 1 saturated heterocycles. The number of aryl methyl sites for hydroxylation is 1. The number of hydrogen-bond donors (Lipinski definition) is 0. The van der Waals surface area contributed by atoms with Gasteiger partial charge in [0.25, 0.3) is 5.56 Å². The van der Waals surface area contributed by atoms with E-state index in [0.29, 0.717) is 11.6 Å². The normalized spacial score (nSPS) is 20.0. The molecule has 0 saturated carbocycles. The molecule has 2 aliphatic heterocycles. The Morgan fingerprint density at radius 1 is 1.19 bits per heavy atom. The van der Waals surface area contributed by atoms with Crippen LogP contribution < -0.4 is 5.56 Å². The van der Waals surface area contributed by atoms with Crippen molar-refractivity contribution in [2.45, 2.75) is 31.9 Å². The molecule has 0 aromatic carbocycles. The average molecular weight is 421 g/mol. The highest BCUT2D eigenvalue weighted by Gasteiger charge is 2.28. The fourth-order valence-electron chi connectivity index (χ4n) is 4.69. The van der Waals surface area contributed by atoms with Gasteiger partial charge < -0.3 is 9.64 Å². The van der Waals surface area contributed by atoms with E-state index in [2.05, 4.69) is 20.0 Å². The van der Waals surface area contributed by atoms with Crippen molar-refractivity contribution >= 4 is 0 Å². The van der Waals surface area contributed by atoms with Crippen LogP contribution in [0.1, 0.15) is 30.2 Å². The Kier molecular flexibility index (Phi) is 5.65. The molecule has 1 atom stereocenters. The zero-order valence-electron chi connectivity index (χ0n) is 17.9. The van der Waals surface area contributed by atoms with Crippen LogP contribution in [0.2, 0.25) is 0 Å². The van der Waals surface area contributed by atoms with E-state index in [0.717, 1.165) is 57.6 Å². The summed E-state index contributed by atoms with van der Waals surface area (Å²) in [5, 5.41) is 4.41. The van der Waals surface area contributed by atoms with Crippen LogP contribution in [0.5, 0.6) is 0 Å². The molecule has 0 aliphatic carbocycles. The van der Waals surface area contributed by atoms with Crippen molar-refractivity contribution in [3.63, 3.8) is 0 Å². The van der Waals surface area contributed by atoms with E-state index in [1.165, 1.54) is 11.3 Å². The average Bonchev–Trinajstić information content (AvgIpc) is 3.19. The van der Waals surface area contributed by atoms with Gasteiger partial charge in [0.2, 0.25) is 0 Å². The van der Waals surface area contributed by atoms with Gasteiger partial charge in [0.1, 0.15) is 0 Å². The van der Waals surface area contributed by atoms with Crippen LogP contribution in [0.25, 0.3) is 11.3 Å². The summed E-state index contributed by atoms with van der Waals surface area (Å²) in [6.45, 7) is 4.44. The molecule has 8 heteroatoms. The molecule has 31 heavy (non-hydrogen) atoms. The number of rotatable bonds is 5. The Bertz CT molecular complexity index is 1080. The van der Waals surface area contributed by atoms with Gasteiger partial charge in [-0.25, -0.2) is 4.98 Å². The molecule has 0 radical (unpaired) electrons. The van der Waals surface area contributed by atoms with Crippen molar-refractivity contribution in [3.8, 4) is 11.3 Å². The van der Waals surface area contributed by atoms with E-state index in [9.17, 15) is 4.79 Å². The van der Waals surface area contributed by atoms with Gasteiger partial charge in [-0.2, -0.15) is 5.10 Å². The van der Waals surface area contributed by atoms with Crippen molar-refractivity contribution in [2.75, 3.05) is 26.2 Å². The van der Waals surface area contributed by atoms with Gasteiger partial charge in [-0.3, -0.25) is 19.0 Å². The molecule has 3 aromatic rings. The third-order valence-electron chi connectivity index (χ3n) is 6.52. The minimum Gasteiger partial charge on any atom is -0.372 e. The molecule has 3 aromatic heterocycles. The molecule has 0 spiro atoms. The molecular weight excluding hydrogens is 392 g/mol. The molecule has 5 rings (SSSR count). The van der Waals surface area contributed by atoms with Crippen molar-refractivity contribution < 1.29 is 4.74 Å². The van der Waals surface area contributed by atoms with E-state index in [4.69, 9.17) is 4.74 Å². The van der Waals surface area contributed by atoms with Gasteiger partial charge >= 0.3 is 0 Å². The van der Waals surface area contributed by atoms with Gasteiger partial charge in [-0.05, 0) is 44.0 Å². The second kappa shape index (κ2) is 8.72. The molecule has 0 N–H and O–H groups in total. The van der Waals surface area contributed by atoms with Crippen molar-refractivity contribution in [1.29, 1.82) is 0 Å². The quantitative estimate of drug-likeness (QED) is 0.629. The number of likely N-dealkylation sites (tertiary alicyclic amines) is 1. The van der Waals surface area contributed by atoms with Crippen LogP contribution in [-0.2, 0) is 24.8 Å². The summed E-state index contributed by atoms with van der Waals surface area (Å²) in [7, 11) is 2.01. The molecule has 1 unspecified atom stereocenters. The highest BCUT2D eigenvalue weighted by Crippen LogP contribution is 2.29. The minimum absolute atomic E-state index is 0.00371. The predicted molar refractivity (Wildman–Crippen MR) is 116 cm³/mol. The van der Waals surface area contributed by atoms with Crippen LogP contribution in [0.3, 0.4) is 0 Å². The van der Waals surface area contributed by atoms with Crippen molar-refractivity contribution in [2.24, 2.45) is 13.0 Å². The first kappa shape index (κ1) is 20.1. The number of ether oxygens (including phenoxy) is 1. The molecule has 2 aliphatic rings. The molecule has 1 fully saturated rings. The summed E-state index contributed by atoms with van der Waals surface area (Å²) in [5.41, 5.74) is 4.07. The second-order valence-electron chi connectivity index (χ2n) is 8.53. The van der Waals surface area contributed by atoms with E-state index < -0.39 is 0 Å². The maximum Gasteiger partial charge on any atom is 0.253 e. The summed E-state index contributed by atoms with van der Waals surface area (Å²) in [4.78, 5) is 23.7. The van der Waals surface area contributed by atoms with Crippen LogP contribution in [-0.4, -0.2) is 55.5 Å². The largest absolute Gasteiger partial charge is 0.372 e. The second-order valence-corrected chi connectivity index (χ2v) is 8.53. The van der Waals surface area contributed by atoms with Crippen LogP contribution in [0.4, 0.5) is 0 Å². The molecule has 5 heterocycles. The van der Waals surface area contributed by atoms with E-state index in [1.807, 2.05) is 30.1 Å². The maximum atomic E-state index is 12.6. The van der Waals surface area contributed by atoms with E-state index in [-0.39, 0.29) is 11.7 Å². The number of pyridine rings is 1. The van der Waals surface area contributed by atoms with Crippen LogP contribution in [0, 0.1) is 5.92 Å². The van der Waals surface area contributed by atoms with Crippen LogP contribution in [0.15, 0.2) is 47.9 Å². The van der Waals surface area contributed by atoms with Gasteiger partial charge in [0.15, 0.2) is 0 Å². The number of fused-ring (bicyclic) bond motifs is 1. The lowest BCUT2D eigenvalue weighted by molar-refractivity contribution is 0.00715.